The van der Waals surface area contributed by atoms with Crippen LogP contribution in [0, 0.1) is 11.6 Å². The molecule has 9 heteroatoms. The zero-order chi connectivity index (χ0) is 23.6. The number of aliphatic hydroxyl groups excluding tert-OH is 1. The molecule has 1 saturated heterocycles. The first kappa shape index (κ1) is 25.0. The van der Waals surface area contributed by atoms with Crippen molar-refractivity contribution in [1.82, 2.24) is 9.80 Å². The predicted molar refractivity (Wildman–Crippen MR) is 118 cm³/mol. The average Bonchev–Trinajstić information content (AvgIpc) is 2.81. The lowest BCUT2D eigenvalue weighted by molar-refractivity contribution is -0.0546. The summed E-state index contributed by atoms with van der Waals surface area (Å²) in [5.74, 6) is -0.480. The van der Waals surface area contributed by atoms with Gasteiger partial charge in [-0.1, -0.05) is 0 Å². The van der Waals surface area contributed by atoms with E-state index in [0.29, 0.717) is 57.3 Å². The third kappa shape index (κ3) is 8.04. The highest BCUT2D eigenvalue weighted by Crippen LogP contribution is 2.14. The Kier molecular flexibility index (Phi) is 9.56. The van der Waals surface area contributed by atoms with E-state index in [1.165, 1.54) is 48.5 Å². The number of ether oxygens (including phenoxy) is 3. The molecule has 7 nitrogen and oxygen atoms in total. The zero-order valence-electron chi connectivity index (χ0n) is 18.7. The first-order valence-electron chi connectivity index (χ1n) is 10.9. The molecule has 0 bridgehead atoms. The van der Waals surface area contributed by atoms with Crippen LogP contribution in [0.3, 0.4) is 0 Å². The van der Waals surface area contributed by atoms with Gasteiger partial charge in [0.2, 0.25) is 0 Å². The number of benzene rings is 2. The lowest BCUT2D eigenvalue weighted by Crippen LogP contribution is -2.51. The Labute approximate surface area is 192 Å². The number of rotatable bonds is 11. The first-order valence-corrected chi connectivity index (χ1v) is 10.9. The molecule has 33 heavy (non-hydrogen) atoms. The maximum Gasteiger partial charge on any atom is 0.254 e. The minimum atomic E-state index is -0.737. The van der Waals surface area contributed by atoms with Crippen molar-refractivity contribution in [2.75, 3.05) is 59.7 Å². The molecule has 0 aliphatic carbocycles. The second kappa shape index (κ2) is 12.6. The first-order chi connectivity index (χ1) is 15.9. The van der Waals surface area contributed by atoms with E-state index in [4.69, 9.17) is 14.2 Å². The van der Waals surface area contributed by atoms with E-state index in [-0.39, 0.29) is 24.4 Å². The number of morpholine rings is 1. The number of carbonyl (C=O) groups is 1. The second-order valence-corrected chi connectivity index (χ2v) is 7.92. The monoisotopic (exact) mass is 464 g/mol. The van der Waals surface area contributed by atoms with Gasteiger partial charge in [-0.2, -0.15) is 0 Å². The van der Waals surface area contributed by atoms with Gasteiger partial charge in [0.15, 0.2) is 0 Å². The Bertz CT molecular complexity index is 866. The topological polar surface area (TPSA) is 71.5 Å². The highest BCUT2D eigenvalue weighted by Gasteiger charge is 2.26. The van der Waals surface area contributed by atoms with E-state index in [1.54, 1.807) is 12.0 Å². The minimum absolute atomic E-state index is 0.0800. The van der Waals surface area contributed by atoms with Gasteiger partial charge in [-0.25, -0.2) is 8.78 Å². The van der Waals surface area contributed by atoms with Gasteiger partial charge >= 0.3 is 0 Å². The second-order valence-electron chi connectivity index (χ2n) is 7.92. The summed E-state index contributed by atoms with van der Waals surface area (Å²) in [5.41, 5.74) is 0.397. The van der Waals surface area contributed by atoms with Crippen LogP contribution in [0.4, 0.5) is 8.78 Å². The SMILES string of the molecule is COCCN(C[C@@H]1CN(C[C@@H](O)COc2ccc(F)cc2)CCO1)C(=O)c1ccc(F)cc1. The van der Waals surface area contributed by atoms with Crippen molar-refractivity contribution in [3.8, 4) is 5.75 Å². The third-order valence-corrected chi connectivity index (χ3v) is 5.32. The number of β-amino-alcohol motifs (C(OH)–C–C–N with tert-alkyl or cyclic N) is 1. The largest absolute Gasteiger partial charge is 0.491 e. The van der Waals surface area contributed by atoms with Crippen molar-refractivity contribution in [3.63, 3.8) is 0 Å². The van der Waals surface area contributed by atoms with E-state index in [2.05, 4.69) is 4.90 Å². The van der Waals surface area contributed by atoms with Crippen molar-refractivity contribution in [3.05, 3.63) is 65.7 Å². The Hall–Kier alpha value is -2.59. The normalized spacial score (nSPS) is 17.5. The highest BCUT2D eigenvalue weighted by atomic mass is 19.1. The maximum absolute atomic E-state index is 13.2. The number of hydrogen-bond acceptors (Lipinski definition) is 6. The number of nitrogens with zero attached hydrogens (tertiary/aromatic N) is 2. The molecule has 1 amide bonds. The van der Waals surface area contributed by atoms with Gasteiger partial charge in [0.25, 0.3) is 5.91 Å². The quantitative estimate of drug-likeness (QED) is 0.550. The molecule has 1 N–H and O–H groups in total. The van der Waals surface area contributed by atoms with Crippen molar-refractivity contribution in [2.45, 2.75) is 12.2 Å². The van der Waals surface area contributed by atoms with Crippen LogP contribution < -0.4 is 4.74 Å². The fourth-order valence-electron chi connectivity index (χ4n) is 3.63. The molecule has 0 radical (unpaired) electrons. The van der Waals surface area contributed by atoms with Crippen LogP contribution in [-0.2, 0) is 9.47 Å². The van der Waals surface area contributed by atoms with Crippen LogP contribution >= 0.6 is 0 Å². The van der Waals surface area contributed by atoms with Gasteiger partial charge in [-0.3, -0.25) is 9.69 Å². The minimum Gasteiger partial charge on any atom is -0.491 e. The number of hydrogen-bond donors (Lipinski definition) is 1. The van der Waals surface area contributed by atoms with Gasteiger partial charge in [0.05, 0.1) is 19.3 Å². The fraction of sp³-hybridized carbons (Fsp3) is 0.458. The van der Waals surface area contributed by atoms with E-state index < -0.39 is 11.9 Å². The summed E-state index contributed by atoms with van der Waals surface area (Å²) in [6, 6.07) is 11.1. The number of carbonyl (C=O) groups excluding carboxylic acids is 1. The number of halogens is 2. The maximum atomic E-state index is 13.2. The molecule has 1 heterocycles. The molecule has 0 saturated carbocycles. The highest BCUT2D eigenvalue weighted by molar-refractivity contribution is 5.94. The molecule has 1 aliphatic heterocycles. The molecular formula is C24H30F2N2O5. The molecule has 3 rings (SSSR count). The van der Waals surface area contributed by atoms with Gasteiger partial charge in [0, 0.05) is 45.4 Å². The van der Waals surface area contributed by atoms with E-state index in [1.807, 2.05) is 0 Å². The van der Waals surface area contributed by atoms with E-state index in [0.717, 1.165) is 0 Å². The lowest BCUT2D eigenvalue weighted by Gasteiger charge is -2.36. The Morgan fingerprint density at radius 2 is 1.85 bits per heavy atom. The molecule has 180 valence electrons. The van der Waals surface area contributed by atoms with Crippen molar-refractivity contribution in [1.29, 1.82) is 0 Å². The summed E-state index contributed by atoms with van der Waals surface area (Å²) in [6.45, 7) is 3.20. The smallest absolute Gasteiger partial charge is 0.254 e. The molecule has 1 fully saturated rings. The van der Waals surface area contributed by atoms with Gasteiger partial charge in [-0.15, -0.1) is 0 Å². The van der Waals surface area contributed by atoms with Gasteiger partial charge < -0.3 is 24.2 Å². The summed E-state index contributed by atoms with van der Waals surface area (Å²) in [4.78, 5) is 16.6. The number of amides is 1. The Balaban J connectivity index is 1.51. The molecule has 2 aromatic carbocycles. The van der Waals surface area contributed by atoms with E-state index in [9.17, 15) is 18.7 Å². The Morgan fingerprint density at radius 3 is 2.52 bits per heavy atom. The molecule has 0 aromatic heterocycles. The van der Waals surface area contributed by atoms with Crippen molar-refractivity contribution < 1.29 is 32.9 Å². The molecule has 2 atom stereocenters. The zero-order valence-corrected chi connectivity index (χ0v) is 18.7. The molecular weight excluding hydrogens is 434 g/mol. The fourth-order valence-corrected chi connectivity index (χ4v) is 3.63. The summed E-state index contributed by atoms with van der Waals surface area (Å²) in [6.07, 6.45) is -0.982. The Morgan fingerprint density at radius 1 is 1.18 bits per heavy atom. The van der Waals surface area contributed by atoms with Crippen LogP contribution in [0.1, 0.15) is 10.4 Å². The third-order valence-electron chi connectivity index (χ3n) is 5.32. The summed E-state index contributed by atoms with van der Waals surface area (Å²) >= 11 is 0. The average molecular weight is 465 g/mol. The summed E-state index contributed by atoms with van der Waals surface area (Å²) in [7, 11) is 1.56. The number of methoxy groups -OCH3 is 1. The van der Waals surface area contributed by atoms with E-state index >= 15 is 0 Å². The van der Waals surface area contributed by atoms with Crippen molar-refractivity contribution in [2.24, 2.45) is 0 Å². The molecule has 2 aromatic rings. The molecule has 1 aliphatic rings. The molecule has 0 unspecified atom stereocenters. The van der Waals surface area contributed by atoms with Crippen LogP contribution in [0.2, 0.25) is 0 Å². The number of aliphatic hydroxyl groups is 1. The summed E-state index contributed by atoms with van der Waals surface area (Å²) < 4.78 is 42.7. The molecule has 0 spiro atoms. The van der Waals surface area contributed by atoms with Crippen LogP contribution in [-0.4, -0.2) is 92.7 Å². The lowest BCUT2D eigenvalue weighted by atomic mass is 10.1. The summed E-state index contributed by atoms with van der Waals surface area (Å²) in [5, 5.41) is 10.4. The van der Waals surface area contributed by atoms with Crippen LogP contribution in [0.15, 0.2) is 48.5 Å². The standard InChI is InChI=1S/C24H30F2N2O5/c1-31-12-11-28(24(30)18-2-4-19(25)5-3-18)16-23-15-27(10-13-32-23)14-21(29)17-33-22-8-6-20(26)7-9-22/h2-9,21,23,29H,10-17H2,1H3/t21-,23+/m1/s1. The van der Waals surface area contributed by atoms with Gasteiger partial charge in [-0.05, 0) is 48.5 Å². The van der Waals surface area contributed by atoms with Crippen LogP contribution in [0.5, 0.6) is 5.75 Å². The van der Waals surface area contributed by atoms with Crippen LogP contribution in [0.25, 0.3) is 0 Å². The van der Waals surface area contributed by atoms with Gasteiger partial charge in [0.1, 0.15) is 30.1 Å². The van der Waals surface area contributed by atoms with Crippen molar-refractivity contribution >= 4 is 5.91 Å². The predicted octanol–water partition coefficient (Wildman–Crippen LogP) is 2.19.